The molecule has 0 aromatic rings. The van der Waals surface area contributed by atoms with Gasteiger partial charge in [-0.1, -0.05) is 6.42 Å². The van der Waals surface area contributed by atoms with Crippen LogP contribution in [0.2, 0.25) is 0 Å². The van der Waals surface area contributed by atoms with Gasteiger partial charge in [-0.3, -0.25) is 0 Å². The quantitative estimate of drug-likeness (QED) is 0.780. The molecule has 2 aliphatic carbocycles. The molecule has 4 rings (SSSR count). The molecule has 4 fully saturated rings. The van der Waals surface area contributed by atoms with E-state index in [-0.39, 0.29) is 0 Å². The average molecular weight is 296 g/mol. The molecule has 0 amide bonds. The molecule has 21 heavy (non-hydrogen) atoms. The van der Waals surface area contributed by atoms with E-state index >= 15 is 0 Å². The number of hydrogen-bond acceptors (Lipinski definition) is 2. The van der Waals surface area contributed by atoms with Crippen molar-refractivity contribution in [3.63, 3.8) is 0 Å². The lowest BCUT2D eigenvalue weighted by molar-refractivity contribution is 0.146. The maximum Gasteiger partial charge on any atom is 0.103 e. The van der Waals surface area contributed by atoms with E-state index in [1.54, 1.807) is 0 Å². The number of likely N-dealkylation sites (tertiary alicyclic amines) is 2. The topological polar surface area (TPSA) is 6.48 Å². The molecule has 0 radical (unpaired) electrons. The number of rotatable bonds is 4. The van der Waals surface area contributed by atoms with Gasteiger partial charge in [-0.2, -0.15) is 0 Å². The second-order valence-electron chi connectivity index (χ2n) is 7.72. The molecule has 0 N–H and O–H groups in total. The summed E-state index contributed by atoms with van der Waals surface area (Å²) in [6.07, 6.45) is 11.3. The molecule has 2 nitrogen and oxygen atoms in total. The lowest BCUT2D eigenvalue weighted by Crippen LogP contribution is -2.35. The molecule has 0 spiro atoms. The van der Waals surface area contributed by atoms with E-state index < -0.39 is 6.17 Å². The monoisotopic (exact) mass is 296 g/mol. The Balaban J connectivity index is 0.000000126. The Morgan fingerprint density at radius 1 is 0.619 bits per heavy atom. The van der Waals surface area contributed by atoms with Crippen molar-refractivity contribution in [2.45, 2.75) is 64.0 Å². The first-order valence-corrected chi connectivity index (χ1v) is 9.38. The smallest absolute Gasteiger partial charge is 0.103 e. The third-order valence-corrected chi connectivity index (χ3v) is 5.39. The Hall–Kier alpha value is -0.150. The second-order valence-corrected chi connectivity index (χ2v) is 7.72. The molecule has 2 heterocycles. The number of hydrogen-bond donors (Lipinski definition) is 0. The highest BCUT2D eigenvalue weighted by molar-refractivity contribution is 4.80. The highest BCUT2D eigenvalue weighted by atomic mass is 19.1. The molecule has 2 saturated heterocycles. The standard InChI is InChI=1S/C9H16FN.C9H17N/c10-9-3-5-11(6-4-9)7-8-1-2-8;1-2-6-10(7-3-1)8-9-4-5-9/h8-9H,1-7H2;9H,1-8H2. The minimum absolute atomic E-state index is 0.509. The van der Waals surface area contributed by atoms with Gasteiger partial charge >= 0.3 is 0 Å². The van der Waals surface area contributed by atoms with E-state index in [4.69, 9.17) is 0 Å². The zero-order valence-corrected chi connectivity index (χ0v) is 13.6. The summed E-state index contributed by atoms with van der Waals surface area (Å²) in [7, 11) is 0. The first-order valence-electron chi connectivity index (χ1n) is 9.38. The van der Waals surface area contributed by atoms with Crippen molar-refractivity contribution in [3.05, 3.63) is 0 Å². The van der Waals surface area contributed by atoms with Crippen LogP contribution in [0.15, 0.2) is 0 Å². The van der Waals surface area contributed by atoms with E-state index in [1.807, 2.05) is 0 Å². The van der Waals surface area contributed by atoms with E-state index in [0.717, 1.165) is 37.8 Å². The molecule has 3 heteroatoms. The van der Waals surface area contributed by atoms with Crippen molar-refractivity contribution in [1.29, 1.82) is 0 Å². The maximum absolute atomic E-state index is 12.7. The van der Waals surface area contributed by atoms with Gasteiger partial charge in [0.25, 0.3) is 0 Å². The van der Waals surface area contributed by atoms with Gasteiger partial charge in [-0.25, -0.2) is 4.39 Å². The molecule has 0 unspecified atom stereocenters. The van der Waals surface area contributed by atoms with Crippen molar-refractivity contribution in [3.8, 4) is 0 Å². The van der Waals surface area contributed by atoms with E-state index in [9.17, 15) is 4.39 Å². The summed E-state index contributed by atoms with van der Waals surface area (Å²) >= 11 is 0. The van der Waals surface area contributed by atoms with Gasteiger partial charge in [0.15, 0.2) is 0 Å². The van der Waals surface area contributed by atoms with Crippen LogP contribution in [0.4, 0.5) is 4.39 Å². The number of nitrogens with zero attached hydrogens (tertiary/aromatic N) is 2. The van der Waals surface area contributed by atoms with Crippen LogP contribution < -0.4 is 0 Å². The van der Waals surface area contributed by atoms with Crippen molar-refractivity contribution < 1.29 is 4.39 Å². The minimum atomic E-state index is -0.509. The summed E-state index contributed by atoms with van der Waals surface area (Å²) < 4.78 is 12.7. The number of halogens is 1. The maximum atomic E-state index is 12.7. The van der Waals surface area contributed by atoms with Gasteiger partial charge in [0, 0.05) is 26.2 Å². The highest BCUT2D eigenvalue weighted by Gasteiger charge is 2.26. The van der Waals surface area contributed by atoms with Gasteiger partial charge in [0.2, 0.25) is 0 Å². The predicted molar refractivity (Wildman–Crippen MR) is 86.3 cm³/mol. The van der Waals surface area contributed by atoms with Gasteiger partial charge in [-0.15, -0.1) is 0 Å². The van der Waals surface area contributed by atoms with Crippen LogP contribution in [-0.4, -0.2) is 55.2 Å². The Morgan fingerprint density at radius 2 is 1.10 bits per heavy atom. The molecule has 4 aliphatic rings. The summed E-state index contributed by atoms with van der Waals surface area (Å²) in [4.78, 5) is 5.08. The zero-order valence-electron chi connectivity index (χ0n) is 13.6. The fraction of sp³-hybridized carbons (Fsp3) is 1.00. The largest absolute Gasteiger partial charge is 0.303 e. The lowest BCUT2D eigenvalue weighted by Gasteiger charge is -2.28. The Labute approximate surface area is 130 Å². The number of piperidine rings is 2. The van der Waals surface area contributed by atoms with Crippen molar-refractivity contribution in [2.75, 3.05) is 39.3 Å². The van der Waals surface area contributed by atoms with Crippen LogP contribution in [0, 0.1) is 11.8 Å². The molecule has 2 saturated carbocycles. The van der Waals surface area contributed by atoms with Crippen LogP contribution >= 0.6 is 0 Å². The van der Waals surface area contributed by atoms with Crippen molar-refractivity contribution >= 4 is 0 Å². The summed E-state index contributed by atoms with van der Waals surface area (Å²) in [5, 5.41) is 0. The highest BCUT2D eigenvalue weighted by Crippen LogP contribution is 2.31. The van der Waals surface area contributed by atoms with Crippen LogP contribution in [-0.2, 0) is 0 Å². The summed E-state index contributed by atoms with van der Waals surface area (Å²) in [6, 6.07) is 0. The predicted octanol–water partition coefficient (Wildman–Crippen LogP) is 3.71. The normalized spacial score (nSPS) is 29.0. The SMILES string of the molecule is C1CCN(CC2CC2)CC1.FC1CCN(CC2CC2)CC1. The van der Waals surface area contributed by atoms with Gasteiger partial charge in [0.1, 0.15) is 6.17 Å². The van der Waals surface area contributed by atoms with Gasteiger partial charge in [0.05, 0.1) is 0 Å². The summed E-state index contributed by atoms with van der Waals surface area (Å²) in [6.45, 7) is 7.43. The van der Waals surface area contributed by atoms with Crippen molar-refractivity contribution in [1.82, 2.24) is 9.80 Å². The number of alkyl halides is 1. The second kappa shape index (κ2) is 7.92. The van der Waals surface area contributed by atoms with Crippen LogP contribution in [0.3, 0.4) is 0 Å². The fourth-order valence-corrected chi connectivity index (χ4v) is 3.56. The molecule has 122 valence electrons. The molecule has 0 bridgehead atoms. The van der Waals surface area contributed by atoms with Crippen LogP contribution in [0.1, 0.15) is 57.8 Å². The zero-order chi connectivity index (χ0) is 14.5. The average Bonchev–Trinajstić information content (AvgIpc) is 3.40. The van der Waals surface area contributed by atoms with E-state index in [2.05, 4.69) is 9.80 Å². The molecule has 0 atom stereocenters. The Bertz CT molecular complexity index is 288. The van der Waals surface area contributed by atoms with Crippen LogP contribution in [0.5, 0.6) is 0 Å². The Kier molecular flexibility index (Phi) is 5.93. The van der Waals surface area contributed by atoms with E-state index in [1.165, 1.54) is 71.1 Å². The van der Waals surface area contributed by atoms with Crippen LogP contribution in [0.25, 0.3) is 0 Å². The summed E-state index contributed by atoms with van der Waals surface area (Å²) in [5.41, 5.74) is 0. The van der Waals surface area contributed by atoms with Gasteiger partial charge in [-0.05, 0) is 76.3 Å². The molecule has 2 aliphatic heterocycles. The minimum Gasteiger partial charge on any atom is -0.303 e. The summed E-state index contributed by atoms with van der Waals surface area (Å²) in [5.74, 6) is 2.06. The molecule has 0 aromatic heterocycles. The first-order chi connectivity index (χ1) is 10.3. The Morgan fingerprint density at radius 3 is 1.57 bits per heavy atom. The third kappa shape index (κ3) is 6.23. The van der Waals surface area contributed by atoms with E-state index in [0.29, 0.717) is 0 Å². The molecular weight excluding hydrogens is 263 g/mol. The molecule has 0 aromatic carbocycles. The first kappa shape index (κ1) is 15.7. The lowest BCUT2D eigenvalue weighted by atomic mass is 10.1. The third-order valence-electron chi connectivity index (χ3n) is 5.39. The van der Waals surface area contributed by atoms with Gasteiger partial charge < -0.3 is 9.80 Å². The fourth-order valence-electron chi connectivity index (χ4n) is 3.56. The molecular formula is C18H33FN2. The van der Waals surface area contributed by atoms with Crippen molar-refractivity contribution in [2.24, 2.45) is 11.8 Å².